The van der Waals surface area contributed by atoms with E-state index in [0.29, 0.717) is 11.5 Å². The topological polar surface area (TPSA) is 54.4 Å². The fourth-order valence-corrected chi connectivity index (χ4v) is 1.98. The predicted molar refractivity (Wildman–Crippen MR) is 75.3 cm³/mol. The Morgan fingerprint density at radius 2 is 1.53 bits per heavy atom. The SMILES string of the molecule is CC(C)Cc1ccc(C(=O)C(C)C(C)C(=O)O)cc1. The highest BCUT2D eigenvalue weighted by Gasteiger charge is 2.26. The highest BCUT2D eigenvalue weighted by atomic mass is 16.4. The lowest BCUT2D eigenvalue weighted by atomic mass is 9.88. The molecule has 0 aliphatic heterocycles. The lowest BCUT2D eigenvalue weighted by molar-refractivity contribution is -0.142. The number of carbonyl (C=O) groups excluding carboxylic acids is 1. The van der Waals surface area contributed by atoms with Crippen LogP contribution in [0.5, 0.6) is 0 Å². The van der Waals surface area contributed by atoms with E-state index < -0.39 is 17.8 Å². The molecule has 0 heterocycles. The molecule has 0 saturated carbocycles. The van der Waals surface area contributed by atoms with Crippen LogP contribution in [-0.4, -0.2) is 16.9 Å². The van der Waals surface area contributed by atoms with E-state index in [1.54, 1.807) is 26.0 Å². The predicted octanol–water partition coefficient (Wildman–Crippen LogP) is 3.42. The number of ketones is 1. The van der Waals surface area contributed by atoms with E-state index in [9.17, 15) is 9.59 Å². The van der Waals surface area contributed by atoms with Crippen molar-refractivity contribution in [1.29, 1.82) is 0 Å². The normalized spacial score (nSPS) is 14.2. The highest BCUT2D eigenvalue weighted by molar-refractivity contribution is 5.99. The smallest absolute Gasteiger partial charge is 0.306 e. The number of Topliss-reactive ketones (excluding diaryl/α,β-unsaturated/α-hetero) is 1. The van der Waals surface area contributed by atoms with Crippen LogP contribution < -0.4 is 0 Å². The number of carbonyl (C=O) groups is 2. The number of hydrogen-bond acceptors (Lipinski definition) is 2. The molecule has 0 aliphatic rings. The summed E-state index contributed by atoms with van der Waals surface area (Å²) in [6, 6.07) is 7.49. The van der Waals surface area contributed by atoms with Crippen molar-refractivity contribution in [2.75, 3.05) is 0 Å². The molecule has 0 amide bonds. The molecule has 0 aromatic heterocycles. The summed E-state index contributed by atoms with van der Waals surface area (Å²) < 4.78 is 0. The van der Waals surface area contributed by atoms with Gasteiger partial charge in [0.2, 0.25) is 0 Å². The Labute approximate surface area is 114 Å². The van der Waals surface area contributed by atoms with Gasteiger partial charge in [0, 0.05) is 11.5 Å². The molecule has 0 aliphatic carbocycles. The van der Waals surface area contributed by atoms with E-state index in [1.165, 1.54) is 5.56 Å². The maximum Gasteiger partial charge on any atom is 0.306 e. The van der Waals surface area contributed by atoms with Crippen LogP contribution in [0, 0.1) is 17.8 Å². The number of carboxylic acids is 1. The van der Waals surface area contributed by atoms with E-state index in [2.05, 4.69) is 13.8 Å². The zero-order valence-electron chi connectivity index (χ0n) is 12.0. The molecule has 0 spiro atoms. The van der Waals surface area contributed by atoms with Crippen LogP contribution in [0.1, 0.15) is 43.6 Å². The maximum atomic E-state index is 12.2. The summed E-state index contributed by atoms with van der Waals surface area (Å²) in [5, 5.41) is 8.94. The third-order valence-electron chi connectivity index (χ3n) is 3.44. The first-order valence-corrected chi connectivity index (χ1v) is 6.69. The van der Waals surface area contributed by atoms with Gasteiger partial charge in [0.05, 0.1) is 5.92 Å². The second-order valence-electron chi connectivity index (χ2n) is 5.57. The molecule has 0 fully saturated rings. The van der Waals surface area contributed by atoms with Gasteiger partial charge in [-0.1, -0.05) is 52.0 Å². The van der Waals surface area contributed by atoms with Crippen LogP contribution in [0.15, 0.2) is 24.3 Å². The molecule has 3 heteroatoms. The summed E-state index contributed by atoms with van der Waals surface area (Å²) in [7, 11) is 0. The Balaban J connectivity index is 2.80. The zero-order chi connectivity index (χ0) is 14.6. The van der Waals surface area contributed by atoms with Crippen molar-refractivity contribution in [1.82, 2.24) is 0 Å². The third kappa shape index (κ3) is 4.19. The monoisotopic (exact) mass is 262 g/mol. The van der Waals surface area contributed by atoms with Crippen molar-refractivity contribution < 1.29 is 14.7 Å². The molecule has 1 aromatic rings. The standard InChI is InChI=1S/C16H22O3/c1-10(2)9-13-5-7-14(8-6-13)15(17)11(3)12(4)16(18)19/h5-8,10-12H,9H2,1-4H3,(H,18,19). The van der Waals surface area contributed by atoms with Crippen molar-refractivity contribution in [3.8, 4) is 0 Å². The minimum Gasteiger partial charge on any atom is -0.481 e. The van der Waals surface area contributed by atoms with Crippen LogP contribution >= 0.6 is 0 Å². The van der Waals surface area contributed by atoms with Gasteiger partial charge in [0.1, 0.15) is 0 Å². The van der Waals surface area contributed by atoms with E-state index in [4.69, 9.17) is 5.11 Å². The van der Waals surface area contributed by atoms with Gasteiger partial charge in [-0.2, -0.15) is 0 Å². The quantitative estimate of drug-likeness (QED) is 0.799. The van der Waals surface area contributed by atoms with Crippen LogP contribution in [0.4, 0.5) is 0 Å². The molecule has 1 N–H and O–H groups in total. The minimum absolute atomic E-state index is 0.106. The van der Waals surface area contributed by atoms with Crippen molar-refractivity contribution in [3.05, 3.63) is 35.4 Å². The Morgan fingerprint density at radius 3 is 1.95 bits per heavy atom. The Bertz CT molecular complexity index is 446. The maximum absolute atomic E-state index is 12.2. The molecule has 2 unspecified atom stereocenters. The van der Waals surface area contributed by atoms with Gasteiger partial charge >= 0.3 is 5.97 Å². The molecule has 0 bridgehead atoms. The molecule has 0 saturated heterocycles. The van der Waals surface area contributed by atoms with Gasteiger partial charge in [-0.3, -0.25) is 9.59 Å². The zero-order valence-corrected chi connectivity index (χ0v) is 12.0. The second-order valence-corrected chi connectivity index (χ2v) is 5.57. The molecule has 19 heavy (non-hydrogen) atoms. The molecule has 2 atom stereocenters. The van der Waals surface area contributed by atoms with Crippen LogP contribution in [-0.2, 0) is 11.2 Å². The summed E-state index contributed by atoms with van der Waals surface area (Å²) in [6.07, 6.45) is 0.982. The number of rotatable bonds is 6. The Morgan fingerprint density at radius 1 is 1.00 bits per heavy atom. The summed E-state index contributed by atoms with van der Waals surface area (Å²) in [5.74, 6) is -1.63. The Hall–Kier alpha value is -1.64. The van der Waals surface area contributed by atoms with Gasteiger partial charge < -0.3 is 5.11 Å². The highest BCUT2D eigenvalue weighted by Crippen LogP contribution is 2.18. The molecular weight excluding hydrogens is 240 g/mol. The largest absolute Gasteiger partial charge is 0.481 e. The lowest BCUT2D eigenvalue weighted by Gasteiger charge is -2.15. The first-order valence-electron chi connectivity index (χ1n) is 6.69. The van der Waals surface area contributed by atoms with Gasteiger partial charge in [-0.15, -0.1) is 0 Å². The molecular formula is C16H22O3. The van der Waals surface area contributed by atoms with E-state index >= 15 is 0 Å². The average molecular weight is 262 g/mol. The first kappa shape index (κ1) is 15.4. The fraction of sp³-hybridized carbons (Fsp3) is 0.500. The number of benzene rings is 1. The lowest BCUT2D eigenvalue weighted by Crippen LogP contribution is -2.25. The first-order chi connectivity index (χ1) is 8.82. The fourth-order valence-electron chi connectivity index (χ4n) is 1.98. The average Bonchev–Trinajstić information content (AvgIpc) is 2.36. The van der Waals surface area contributed by atoms with Gasteiger partial charge in [-0.25, -0.2) is 0 Å². The van der Waals surface area contributed by atoms with E-state index in [0.717, 1.165) is 6.42 Å². The molecule has 1 rings (SSSR count). The van der Waals surface area contributed by atoms with Crippen LogP contribution in [0.3, 0.4) is 0 Å². The Kier molecular flexibility index (Phi) is 5.28. The van der Waals surface area contributed by atoms with Crippen molar-refractivity contribution in [2.45, 2.75) is 34.1 Å². The summed E-state index contributed by atoms with van der Waals surface area (Å²) >= 11 is 0. The summed E-state index contributed by atoms with van der Waals surface area (Å²) in [5.41, 5.74) is 1.79. The molecule has 3 nitrogen and oxygen atoms in total. The van der Waals surface area contributed by atoms with Gasteiger partial charge in [0.15, 0.2) is 5.78 Å². The van der Waals surface area contributed by atoms with Crippen molar-refractivity contribution >= 4 is 11.8 Å². The van der Waals surface area contributed by atoms with Crippen LogP contribution in [0.2, 0.25) is 0 Å². The van der Waals surface area contributed by atoms with Crippen molar-refractivity contribution in [3.63, 3.8) is 0 Å². The molecule has 104 valence electrons. The summed E-state index contributed by atoms with van der Waals surface area (Å²) in [4.78, 5) is 23.1. The molecule has 1 aromatic carbocycles. The van der Waals surface area contributed by atoms with Crippen LogP contribution in [0.25, 0.3) is 0 Å². The van der Waals surface area contributed by atoms with Crippen molar-refractivity contribution in [2.24, 2.45) is 17.8 Å². The van der Waals surface area contributed by atoms with Gasteiger partial charge in [0.25, 0.3) is 0 Å². The summed E-state index contributed by atoms with van der Waals surface area (Å²) in [6.45, 7) is 7.53. The number of hydrogen-bond donors (Lipinski definition) is 1. The number of carboxylic acid groups (broad SMARTS) is 1. The second kappa shape index (κ2) is 6.50. The van der Waals surface area contributed by atoms with E-state index in [-0.39, 0.29) is 5.78 Å². The third-order valence-corrected chi connectivity index (χ3v) is 3.44. The van der Waals surface area contributed by atoms with E-state index in [1.807, 2.05) is 12.1 Å². The van der Waals surface area contributed by atoms with Gasteiger partial charge in [-0.05, 0) is 17.9 Å². The minimum atomic E-state index is -0.933. The molecule has 0 radical (unpaired) electrons. The number of aliphatic carboxylic acids is 1.